The highest BCUT2D eigenvalue weighted by atomic mass is 19.1. The van der Waals surface area contributed by atoms with Gasteiger partial charge in [-0.2, -0.15) is 0 Å². The van der Waals surface area contributed by atoms with Crippen LogP contribution in [-0.2, 0) is 15.9 Å². The van der Waals surface area contributed by atoms with E-state index >= 15 is 0 Å². The molecule has 1 N–H and O–H groups in total. The van der Waals surface area contributed by atoms with Gasteiger partial charge in [0.15, 0.2) is 11.5 Å². The Hall–Kier alpha value is -3.04. The molecular weight excluding hydrogens is 458 g/mol. The number of rotatable bonds is 5. The normalized spacial score (nSPS) is 20.9. The van der Waals surface area contributed by atoms with E-state index in [1.807, 2.05) is 53.7 Å². The highest BCUT2D eigenvalue weighted by molar-refractivity contribution is 6.48. The van der Waals surface area contributed by atoms with Gasteiger partial charge in [0.05, 0.1) is 23.9 Å². The van der Waals surface area contributed by atoms with Gasteiger partial charge in [-0.1, -0.05) is 44.2 Å². The number of nitrogens with zero attached hydrogens (tertiary/aromatic N) is 3. The lowest BCUT2D eigenvalue weighted by Crippen LogP contribution is -2.41. The molecule has 1 fully saturated rings. The van der Waals surface area contributed by atoms with Crippen molar-refractivity contribution in [1.29, 1.82) is 0 Å². The van der Waals surface area contributed by atoms with Crippen molar-refractivity contribution in [2.45, 2.75) is 77.4 Å². The lowest BCUT2D eigenvalue weighted by atomic mass is 9.68. The lowest BCUT2D eigenvalue weighted by Gasteiger charge is -2.32. The highest BCUT2D eigenvalue weighted by Gasteiger charge is 2.53. The van der Waals surface area contributed by atoms with Gasteiger partial charge in [-0.3, -0.25) is 4.57 Å². The van der Waals surface area contributed by atoms with E-state index in [0.29, 0.717) is 34.7 Å². The molecule has 2 aromatic heterocycles. The fraction of sp³-hybridized carbons (Fsp3) is 0.444. The molecule has 1 aliphatic carbocycles. The number of halogens is 1. The summed E-state index contributed by atoms with van der Waals surface area (Å²) in [6, 6.07) is 4.92. The van der Waals surface area contributed by atoms with Crippen molar-refractivity contribution < 1.29 is 13.7 Å². The second-order valence-electron chi connectivity index (χ2n) is 11.0. The number of aromatic amines is 1. The Bertz CT molecular complexity index is 1420. The van der Waals surface area contributed by atoms with Gasteiger partial charge in [-0.15, -0.1) is 0 Å². The number of nitrogens with one attached hydrogen (secondary N) is 1. The summed E-state index contributed by atoms with van der Waals surface area (Å²) in [5.41, 5.74) is 2.22. The molecule has 1 saturated heterocycles. The zero-order valence-electron chi connectivity index (χ0n) is 21.6. The quantitative estimate of drug-likeness (QED) is 0.485. The molecule has 7 nitrogen and oxygen atoms in total. The van der Waals surface area contributed by atoms with Gasteiger partial charge < -0.3 is 14.3 Å². The summed E-state index contributed by atoms with van der Waals surface area (Å²) in [6.45, 7) is 12.4. The van der Waals surface area contributed by atoms with E-state index < -0.39 is 0 Å². The first-order valence-electron chi connectivity index (χ1n) is 12.4. The summed E-state index contributed by atoms with van der Waals surface area (Å²) in [5, 5.41) is 0. The van der Waals surface area contributed by atoms with Crippen LogP contribution in [0.1, 0.15) is 59.4 Å². The summed E-state index contributed by atoms with van der Waals surface area (Å²) in [6.07, 6.45) is 8.58. The summed E-state index contributed by atoms with van der Waals surface area (Å²) in [4.78, 5) is 24.7. The van der Waals surface area contributed by atoms with E-state index in [1.54, 1.807) is 16.8 Å². The minimum Gasteiger partial charge on any atom is -0.403 e. The van der Waals surface area contributed by atoms with Crippen molar-refractivity contribution >= 4 is 18.3 Å². The lowest BCUT2D eigenvalue weighted by molar-refractivity contribution is 0.00578. The predicted molar refractivity (Wildman–Crippen MR) is 139 cm³/mol. The summed E-state index contributed by atoms with van der Waals surface area (Å²) < 4.78 is 28.6. The van der Waals surface area contributed by atoms with Crippen molar-refractivity contribution in [3.05, 3.63) is 70.1 Å². The number of benzene rings is 1. The van der Waals surface area contributed by atoms with Gasteiger partial charge >= 0.3 is 12.8 Å². The van der Waals surface area contributed by atoms with Crippen LogP contribution >= 0.6 is 0 Å². The fourth-order valence-corrected chi connectivity index (χ4v) is 4.79. The smallest absolute Gasteiger partial charge is 0.403 e. The SMILES string of the molecule is CC(C)c1c(F)cccc1-c1ncc2[nH]c(=O)n(CC3=CCC(B4OC(C)(C)C(C)(C)O4)C=C3)c2n1. The Morgan fingerprint density at radius 1 is 1.22 bits per heavy atom. The van der Waals surface area contributed by atoms with Crippen LogP contribution in [0.25, 0.3) is 22.6 Å². The molecule has 1 aromatic carbocycles. The molecule has 9 heteroatoms. The third-order valence-corrected chi connectivity index (χ3v) is 7.55. The molecule has 2 aliphatic rings. The minimum absolute atomic E-state index is 0.0385. The largest absolute Gasteiger partial charge is 0.465 e. The molecule has 0 amide bonds. The van der Waals surface area contributed by atoms with Crippen LogP contribution < -0.4 is 5.69 Å². The number of H-pyrrole nitrogens is 1. The standard InChI is InChI=1S/C27H32BFN4O3/c1-16(2)22-19(8-7-9-20(22)29)23-30-14-21-24(32-23)33(25(34)31-21)15-17-10-12-18(13-11-17)28-35-26(3,4)27(5,6)36-28/h7-12,14,16,18H,13,15H2,1-6H3,(H,31,34). The van der Waals surface area contributed by atoms with Crippen molar-refractivity contribution in [2.75, 3.05) is 0 Å². The molecule has 3 aromatic rings. The molecule has 1 unspecified atom stereocenters. The topological polar surface area (TPSA) is 82.0 Å². The molecule has 188 valence electrons. The van der Waals surface area contributed by atoms with E-state index in [9.17, 15) is 9.18 Å². The number of hydrogen-bond donors (Lipinski definition) is 1. The number of imidazole rings is 1. The maximum absolute atomic E-state index is 14.6. The third-order valence-electron chi connectivity index (χ3n) is 7.55. The van der Waals surface area contributed by atoms with Crippen LogP contribution in [0.5, 0.6) is 0 Å². The van der Waals surface area contributed by atoms with Gasteiger partial charge in [-0.05, 0) is 51.7 Å². The summed E-state index contributed by atoms with van der Waals surface area (Å²) in [5.74, 6) is 0.174. The highest BCUT2D eigenvalue weighted by Crippen LogP contribution is 2.42. The molecule has 0 spiro atoms. The van der Waals surface area contributed by atoms with Crippen LogP contribution in [0.15, 0.2) is 53.0 Å². The average Bonchev–Trinajstić information content (AvgIpc) is 3.24. The zero-order valence-corrected chi connectivity index (χ0v) is 21.6. The maximum atomic E-state index is 14.6. The number of hydrogen-bond acceptors (Lipinski definition) is 5. The monoisotopic (exact) mass is 490 g/mol. The van der Waals surface area contributed by atoms with E-state index in [0.717, 1.165) is 12.0 Å². The van der Waals surface area contributed by atoms with Gasteiger partial charge in [-0.25, -0.2) is 19.2 Å². The van der Waals surface area contributed by atoms with Crippen molar-refractivity contribution in [1.82, 2.24) is 19.5 Å². The zero-order chi connectivity index (χ0) is 25.8. The molecule has 5 rings (SSSR count). The van der Waals surface area contributed by atoms with Gasteiger partial charge in [0, 0.05) is 16.9 Å². The predicted octanol–water partition coefficient (Wildman–Crippen LogP) is 5.40. The molecular formula is C27H32BFN4O3. The van der Waals surface area contributed by atoms with Crippen LogP contribution in [0.2, 0.25) is 5.82 Å². The van der Waals surface area contributed by atoms with Gasteiger partial charge in [0.2, 0.25) is 0 Å². The molecule has 0 bridgehead atoms. The number of fused-ring (bicyclic) bond motifs is 1. The van der Waals surface area contributed by atoms with E-state index in [-0.39, 0.29) is 41.6 Å². The van der Waals surface area contributed by atoms with E-state index in [4.69, 9.17) is 9.31 Å². The Kier molecular flexibility index (Phi) is 6.04. The fourth-order valence-electron chi connectivity index (χ4n) is 4.79. The third kappa shape index (κ3) is 4.24. The van der Waals surface area contributed by atoms with E-state index in [2.05, 4.69) is 27.1 Å². The maximum Gasteiger partial charge on any atom is 0.465 e. The molecule has 1 aliphatic heterocycles. The van der Waals surface area contributed by atoms with Crippen LogP contribution in [0.3, 0.4) is 0 Å². The Morgan fingerprint density at radius 3 is 2.58 bits per heavy atom. The Labute approximate surface area is 210 Å². The molecule has 0 radical (unpaired) electrons. The minimum atomic E-state index is -0.374. The van der Waals surface area contributed by atoms with Crippen LogP contribution in [-0.4, -0.2) is 37.8 Å². The summed E-state index contributed by atoms with van der Waals surface area (Å²) >= 11 is 0. The molecule has 36 heavy (non-hydrogen) atoms. The van der Waals surface area contributed by atoms with Crippen LogP contribution in [0.4, 0.5) is 4.39 Å². The van der Waals surface area contributed by atoms with Crippen molar-refractivity contribution in [3.8, 4) is 11.4 Å². The van der Waals surface area contributed by atoms with Gasteiger partial charge in [0.1, 0.15) is 11.3 Å². The molecule has 1 atom stereocenters. The van der Waals surface area contributed by atoms with Gasteiger partial charge in [0.25, 0.3) is 0 Å². The molecule has 0 saturated carbocycles. The summed E-state index contributed by atoms with van der Waals surface area (Å²) in [7, 11) is -0.309. The molecule has 3 heterocycles. The first-order chi connectivity index (χ1) is 17.0. The Morgan fingerprint density at radius 2 is 1.94 bits per heavy atom. The number of allylic oxidation sites excluding steroid dienone is 4. The second kappa shape index (κ2) is 8.82. The average molecular weight is 490 g/mol. The second-order valence-corrected chi connectivity index (χ2v) is 11.0. The van der Waals surface area contributed by atoms with Crippen LogP contribution in [0, 0.1) is 5.82 Å². The van der Waals surface area contributed by atoms with Crippen molar-refractivity contribution in [2.24, 2.45) is 0 Å². The Balaban J connectivity index is 1.41. The first-order valence-corrected chi connectivity index (χ1v) is 12.4. The van der Waals surface area contributed by atoms with Crippen molar-refractivity contribution in [3.63, 3.8) is 0 Å². The van der Waals surface area contributed by atoms with E-state index in [1.165, 1.54) is 6.07 Å². The number of aromatic nitrogens is 4. The first kappa shape index (κ1) is 24.7.